The molecule has 0 radical (unpaired) electrons. The maximum absolute atomic E-state index is 8.62. The Bertz CT molecular complexity index is 461. The fourth-order valence-electron chi connectivity index (χ4n) is 4.16. The standard InChI is InChI=1S/C17H28.C8H16O.CH4O/c1-7-8-16(17(4,5)6)15-11-9-14(10-12-15)13(2)3;9-7-6-8-4-2-1-3-5-8;1-2/h9-13,16H,7-8H2,1-6H3;8-9H,1-7H2;2H,1H3. The highest BCUT2D eigenvalue weighted by molar-refractivity contribution is 5.28. The van der Waals surface area contributed by atoms with E-state index >= 15 is 0 Å². The van der Waals surface area contributed by atoms with Gasteiger partial charge >= 0.3 is 0 Å². The smallest absolute Gasteiger partial charge is 0.0433 e. The lowest BCUT2D eigenvalue weighted by Gasteiger charge is -2.31. The Kier molecular flexibility index (Phi) is 14.6. The summed E-state index contributed by atoms with van der Waals surface area (Å²) in [5.41, 5.74) is 3.30. The molecule has 0 aliphatic heterocycles. The van der Waals surface area contributed by atoms with Crippen molar-refractivity contribution < 1.29 is 10.2 Å². The van der Waals surface area contributed by atoms with Crippen LogP contribution in [0.2, 0.25) is 0 Å². The van der Waals surface area contributed by atoms with Crippen molar-refractivity contribution in [1.29, 1.82) is 0 Å². The van der Waals surface area contributed by atoms with Gasteiger partial charge < -0.3 is 10.2 Å². The first-order valence-corrected chi connectivity index (χ1v) is 11.4. The maximum atomic E-state index is 8.62. The highest BCUT2D eigenvalue weighted by atomic mass is 16.3. The Morgan fingerprint density at radius 2 is 1.43 bits per heavy atom. The van der Waals surface area contributed by atoms with Crippen molar-refractivity contribution in [3.8, 4) is 0 Å². The summed E-state index contributed by atoms with van der Waals surface area (Å²) in [5.74, 6) is 2.15. The van der Waals surface area contributed by atoms with Crippen LogP contribution in [0.4, 0.5) is 0 Å². The van der Waals surface area contributed by atoms with E-state index in [9.17, 15) is 0 Å². The van der Waals surface area contributed by atoms with Gasteiger partial charge in [-0.2, -0.15) is 0 Å². The molecule has 0 heterocycles. The monoisotopic (exact) mass is 392 g/mol. The van der Waals surface area contributed by atoms with E-state index in [2.05, 4.69) is 65.8 Å². The number of aliphatic hydroxyl groups excluding tert-OH is 2. The lowest BCUT2D eigenvalue weighted by atomic mass is 9.74. The molecule has 2 rings (SSSR count). The fourth-order valence-corrected chi connectivity index (χ4v) is 4.16. The van der Waals surface area contributed by atoms with Crippen molar-refractivity contribution in [2.24, 2.45) is 11.3 Å². The Balaban J connectivity index is 0.000000556. The highest BCUT2D eigenvalue weighted by Gasteiger charge is 2.25. The molecule has 0 spiro atoms. The van der Waals surface area contributed by atoms with Gasteiger partial charge in [-0.1, -0.05) is 104 Å². The zero-order valence-corrected chi connectivity index (χ0v) is 19.8. The molecule has 2 N–H and O–H groups in total. The minimum Gasteiger partial charge on any atom is -0.400 e. The van der Waals surface area contributed by atoms with Gasteiger partial charge in [0.25, 0.3) is 0 Å². The van der Waals surface area contributed by atoms with Crippen molar-refractivity contribution in [2.45, 2.75) is 105 Å². The van der Waals surface area contributed by atoms with Crippen LogP contribution >= 0.6 is 0 Å². The third-order valence-corrected chi connectivity index (χ3v) is 5.89. The second-order valence-electron chi connectivity index (χ2n) is 9.54. The van der Waals surface area contributed by atoms with Crippen LogP contribution in [0.3, 0.4) is 0 Å². The lowest BCUT2D eigenvalue weighted by Crippen LogP contribution is -2.18. The molecule has 1 fully saturated rings. The van der Waals surface area contributed by atoms with Crippen molar-refractivity contribution >= 4 is 0 Å². The van der Waals surface area contributed by atoms with E-state index in [0.29, 0.717) is 23.9 Å². The molecule has 1 aliphatic carbocycles. The zero-order valence-electron chi connectivity index (χ0n) is 19.8. The first-order valence-electron chi connectivity index (χ1n) is 11.4. The highest BCUT2D eigenvalue weighted by Crippen LogP contribution is 2.38. The van der Waals surface area contributed by atoms with Crippen molar-refractivity contribution in [3.05, 3.63) is 35.4 Å². The van der Waals surface area contributed by atoms with E-state index in [-0.39, 0.29) is 0 Å². The van der Waals surface area contributed by atoms with Crippen LogP contribution in [0.1, 0.15) is 116 Å². The average molecular weight is 393 g/mol. The quantitative estimate of drug-likeness (QED) is 0.533. The van der Waals surface area contributed by atoms with Gasteiger partial charge in [0.2, 0.25) is 0 Å². The lowest BCUT2D eigenvalue weighted by molar-refractivity contribution is 0.230. The van der Waals surface area contributed by atoms with Crippen LogP contribution in [-0.2, 0) is 0 Å². The summed E-state index contributed by atoms with van der Waals surface area (Å²) in [7, 11) is 1.00. The molecule has 1 aliphatic rings. The Morgan fingerprint density at radius 3 is 1.82 bits per heavy atom. The molecule has 0 saturated heterocycles. The number of hydrogen-bond acceptors (Lipinski definition) is 2. The van der Waals surface area contributed by atoms with E-state index in [1.165, 1.54) is 56.1 Å². The van der Waals surface area contributed by atoms with Gasteiger partial charge in [-0.3, -0.25) is 0 Å². The predicted molar refractivity (Wildman–Crippen MR) is 124 cm³/mol. The summed E-state index contributed by atoms with van der Waals surface area (Å²) in [6.45, 7) is 14.2. The van der Waals surface area contributed by atoms with Gasteiger partial charge in [-0.15, -0.1) is 0 Å². The van der Waals surface area contributed by atoms with Crippen molar-refractivity contribution in [3.63, 3.8) is 0 Å². The maximum Gasteiger partial charge on any atom is 0.0433 e. The summed E-state index contributed by atoms with van der Waals surface area (Å²) in [5, 5.41) is 15.6. The van der Waals surface area contributed by atoms with E-state index in [0.717, 1.165) is 19.4 Å². The fraction of sp³-hybridized carbons (Fsp3) is 0.769. The summed E-state index contributed by atoms with van der Waals surface area (Å²) < 4.78 is 0. The predicted octanol–water partition coefficient (Wildman–Crippen LogP) is 7.30. The Labute approximate surface area is 175 Å². The second kappa shape index (κ2) is 15.0. The van der Waals surface area contributed by atoms with Gasteiger partial charge in [0.15, 0.2) is 0 Å². The SMILES string of the molecule is CCCC(c1ccc(C(C)C)cc1)C(C)(C)C.CO.OCCC1CCCCC1. The number of benzene rings is 1. The van der Waals surface area contributed by atoms with Crippen LogP contribution in [0.5, 0.6) is 0 Å². The molecule has 1 saturated carbocycles. The van der Waals surface area contributed by atoms with Crippen molar-refractivity contribution in [1.82, 2.24) is 0 Å². The number of hydrogen-bond donors (Lipinski definition) is 2. The molecular formula is C26H48O2. The third-order valence-electron chi connectivity index (χ3n) is 5.89. The van der Waals surface area contributed by atoms with Gasteiger partial charge in [0.05, 0.1) is 0 Å². The zero-order chi connectivity index (χ0) is 21.6. The van der Waals surface area contributed by atoms with Crippen LogP contribution < -0.4 is 0 Å². The summed E-state index contributed by atoms with van der Waals surface area (Å²) in [6.07, 6.45) is 10.5. The molecule has 1 atom stereocenters. The normalized spacial score (nSPS) is 15.9. The summed E-state index contributed by atoms with van der Waals surface area (Å²) in [6, 6.07) is 9.27. The van der Waals surface area contributed by atoms with E-state index in [1.807, 2.05) is 0 Å². The number of aliphatic hydroxyl groups is 2. The van der Waals surface area contributed by atoms with Crippen LogP contribution in [0.15, 0.2) is 24.3 Å². The molecule has 0 aromatic heterocycles. The van der Waals surface area contributed by atoms with Crippen LogP contribution in [-0.4, -0.2) is 23.9 Å². The molecule has 0 amide bonds. The molecule has 1 unspecified atom stereocenters. The van der Waals surface area contributed by atoms with Crippen LogP contribution in [0, 0.1) is 11.3 Å². The topological polar surface area (TPSA) is 40.5 Å². The van der Waals surface area contributed by atoms with Crippen LogP contribution in [0.25, 0.3) is 0 Å². The first-order chi connectivity index (χ1) is 13.3. The van der Waals surface area contributed by atoms with E-state index in [4.69, 9.17) is 10.2 Å². The molecule has 0 bridgehead atoms. The number of rotatable bonds is 6. The molecule has 1 aromatic carbocycles. The van der Waals surface area contributed by atoms with E-state index < -0.39 is 0 Å². The molecule has 1 aromatic rings. The van der Waals surface area contributed by atoms with Gasteiger partial charge in [-0.05, 0) is 47.1 Å². The minimum absolute atomic E-state index is 0.357. The summed E-state index contributed by atoms with van der Waals surface area (Å²) in [4.78, 5) is 0. The van der Waals surface area contributed by atoms with Crippen molar-refractivity contribution in [2.75, 3.05) is 13.7 Å². The molecular weight excluding hydrogens is 344 g/mol. The Hall–Kier alpha value is -0.860. The minimum atomic E-state index is 0.357. The van der Waals surface area contributed by atoms with E-state index in [1.54, 1.807) is 0 Å². The molecule has 2 heteroatoms. The summed E-state index contributed by atoms with van der Waals surface area (Å²) >= 11 is 0. The third kappa shape index (κ3) is 10.6. The molecule has 2 nitrogen and oxygen atoms in total. The average Bonchev–Trinajstić information content (AvgIpc) is 2.68. The van der Waals surface area contributed by atoms with Gasteiger partial charge in [-0.25, -0.2) is 0 Å². The van der Waals surface area contributed by atoms with Gasteiger partial charge in [0.1, 0.15) is 0 Å². The Morgan fingerprint density at radius 1 is 0.929 bits per heavy atom. The molecule has 28 heavy (non-hydrogen) atoms. The first kappa shape index (κ1) is 27.1. The molecule has 164 valence electrons. The van der Waals surface area contributed by atoms with Gasteiger partial charge in [0, 0.05) is 13.7 Å². The second-order valence-corrected chi connectivity index (χ2v) is 9.54. The largest absolute Gasteiger partial charge is 0.400 e.